The summed E-state index contributed by atoms with van der Waals surface area (Å²) in [6, 6.07) is 12.3. The second kappa shape index (κ2) is 3.94. The summed E-state index contributed by atoms with van der Waals surface area (Å²) in [6.07, 6.45) is 5.89. The fourth-order valence-corrected chi connectivity index (χ4v) is 1.95. The molecule has 3 aromatic rings. The Bertz CT molecular complexity index is 606. The van der Waals surface area contributed by atoms with Crippen molar-refractivity contribution in [3.63, 3.8) is 0 Å². The minimum atomic E-state index is 1.04. The minimum Gasteiger partial charge on any atom is -0.366 e. The van der Waals surface area contributed by atoms with Gasteiger partial charge in [-0.25, -0.2) is 4.68 Å². The van der Waals surface area contributed by atoms with E-state index in [9.17, 15) is 0 Å². The summed E-state index contributed by atoms with van der Waals surface area (Å²) < 4.78 is 1.90. The minimum absolute atomic E-state index is 1.04. The average molecular weight is 223 g/mol. The van der Waals surface area contributed by atoms with Gasteiger partial charge >= 0.3 is 0 Å². The van der Waals surface area contributed by atoms with E-state index in [2.05, 4.69) is 28.4 Å². The van der Waals surface area contributed by atoms with Gasteiger partial charge in [-0.15, -0.1) is 0 Å². The van der Waals surface area contributed by atoms with Crippen molar-refractivity contribution < 1.29 is 0 Å². The lowest BCUT2D eigenvalue weighted by Crippen LogP contribution is -1.91. The highest BCUT2D eigenvalue weighted by Crippen LogP contribution is 2.23. The molecule has 3 heteroatoms. The van der Waals surface area contributed by atoms with Gasteiger partial charge in [0, 0.05) is 24.2 Å². The van der Waals surface area contributed by atoms with Crippen LogP contribution in [0.25, 0.3) is 16.8 Å². The summed E-state index contributed by atoms with van der Waals surface area (Å²) in [4.78, 5) is 3.04. The number of benzene rings is 1. The fourth-order valence-electron chi connectivity index (χ4n) is 1.95. The Morgan fingerprint density at radius 2 is 1.94 bits per heavy atom. The van der Waals surface area contributed by atoms with E-state index in [4.69, 9.17) is 0 Å². The number of H-pyrrole nitrogens is 1. The van der Waals surface area contributed by atoms with Crippen LogP contribution in [0.4, 0.5) is 0 Å². The predicted octanol–water partition coefficient (Wildman–Crippen LogP) is 3.18. The van der Waals surface area contributed by atoms with Gasteiger partial charge in [0.05, 0.1) is 11.4 Å². The third kappa shape index (κ3) is 1.76. The van der Waals surface area contributed by atoms with Gasteiger partial charge in [-0.3, -0.25) is 0 Å². The van der Waals surface area contributed by atoms with Crippen molar-refractivity contribution in [2.75, 3.05) is 0 Å². The van der Waals surface area contributed by atoms with Crippen molar-refractivity contribution in [1.82, 2.24) is 14.8 Å². The summed E-state index contributed by atoms with van der Waals surface area (Å²) in [7, 11) is 0. The molecule has 2 aromatic heterocycles. The quantitative estimate of drug-likeness (QED) is 0.711. The van der Waals surface area contributed by atoms with Crippen molar-refractivity contribution in [2.45, 2.75) is 6.92 Å². The third-order valence-electron chi connectivity index (χ3n) is 2.83. The van der Waals surface area contributed by atoms with Gasteiger partial charge in [0.1, 0.15) is 0 Å². The largest absolute Gasteiger partial charge is 0.366 e. The fraction of sp³-hybridized carbons (Fsp3) is 0.0714. The molecular formula is C14H13N3. The van der Waals surface area contributed by atoms with Crippen LogP contribution in [0.3, 0.4) is 0 Å². The molecular weight excluding hydrogens is 210 g/mol. The molecule has 0 radical (unpaired) electrons. The van der Waals surface area contributed by atoms with E-state index in [-0.39, 0.29) is 0 Å². The molecule has 0 atom stereocenters. The molecule has 0 bridgehead atoms. The first-order valence-electron chi connectivity index (χ1n) is 5.59. The molecule has 0 saturated carbocycles. The first kappa shape index (κ1) is 9.90. The smallest absolute Gasteiger partial charge is 0.0820 e. The van der Waals surface area contributed by atoms with Crippen molar-refractivity contribution in [3.05, 3.63) is 60.7 Å². The lowest BCUT2D eigenvalue weighted by atomic mass is 10.1. The average Bonchev–Trinajstić information content (AvgIpc) is 2.99. The number of nitrogens with one attached hydrogen (secondary N) is 1. The normalized spacial score (nSPS) is 10.6. The molecule has 0 fully saturated rings. The number of hydrogen-bond donors (Lipinski definition) is 1. The van der Waals surface area contributed by atoms with E-state index in [0.717, 1.165) is 11.4 Å². The summed E-state index contributed by atoms with van der Waals surface area (Å²) in [5.74, 6) is 0. The lowest BCUT2D eigenvalue weighted by molar-refractivity contribution is 0.864. The predicted molar refractivity (Wildman–Crippen MR) is 68.1 cm³/mol. The Morgan fingerprint density at radius 3 is 2.65 bits per heavy atom. The molecule has 3 rings (SSSR count). The van der Waals surface area contributed by atoms with Crippen LogP contribution in [0, 0.1) is 6.92 Å². The summed E-state index contributed by atoms with van der Waals surface area (Å²) >= 11 is 0. The van der Waals surface area contributed by atoms with Gasteiger partial charge < -0.3 is 4.98 Å². The molecule has 0 aliphatic carbocycles. The molecule has 3 nitrogen and oxygen atoms in total. The van der Waals surface area contributed by atoms with E-state index in [1.54, 1.807) is 0 Å². The first-order chi connectivity index (χ1) is 8.34. The SMILES string of the molecule is Cc1nn(-c2cc[nH]c2)cc1-c1ccccc1. The summed E-state index contributed by atoms with van der Waals surface area (Å²) in [5.41, 5.74) is 4.46. The van der Waals surface area contributed by atoms with Crippen LogP contribution in [-0.2, 0) is 0 Å². The zero-order chi connectivity index (χ0) is 11.7. The number of aromatic amines is 1. The van der Waals surface area contributed by atoms with Crippen LogP contribution in [-0.4, -0.2) is 14.8 Å². The zero-order valence-corrected chi connectivity index (χ0v) is 9.59. The first-order valence-corrected chi connectivity index (χ1v) is 5.59. The maximum atomic E-state index is 4.53. The van der Waals surface area contributed by atoms with Crippen LogP contribution >= 0.6 is 0 Å². The van der Waals surface area contributed by atoms with Gasteiger partial charge in [0.15, 0.2) is 0 Å². The molecule has 84 valence electrons. The van der Waals surface area contributed by atoms with E-state index < -0.39 is 0 Å². The summed E-state index contributed by atoms with van der Waals surface area (Å²) in [5, 5.41) is 4.53. The Morgan fingerprint density at radius 1 is 1.12 bits per heavy atom. The van der Waals surface area contributed by atoms with Crippen LogP contribution in [0.2, 0.25) is 0 Å². The van der Waals surface area contributed by atoms with Crippen molar-refractivity contribution in [3.8, 4) is 16.8 Å². The van der Waals surface area contributed by atoms with Crippen molar-refractivity contribution in [2.24, 2.45) is 0 Å². The molecule has 1 N–H and O–H groups in total. The number of aromatic nitrogens is 3. The van der Waals surface area contributed by atoms with E-state index in [1.807, 2.05) is 48.3 Å². The van der Waals surface area contributed by atoms with Crippen LogP contribution in [0.1, 0.15) is 5.69 Å². The van der Waals surface area contributed by atoms with Crippen molar-refractivity contribution >= 4 is 0 Å². The molecule has 0 aliphatic heterocycles. The maximum absolute atomic E-state index is 4.53. The zero-order valence-electron chi connectivity index (χ0n) is 9.59. The molecule has 0 aliphatic rings. The molecule has 1 aromatic carbocycles. The van der Waals surface area contributed by atoms with Crippen LogP contribution in [0.15, 0.2) is 55.0 Å². The summed E-state index contributed by atoms with van der Waals surface area (Å²) in [6.45, 7) is 2.03. The lowest BCUT2D eigenvalue weighted by Gasteiger charge is -1.96. The standard InChI is InChI=1S/C14H13N3/c1-11-14(12-5-3-2-4-6-12)10-17(16-11)13-7-8-15-9-13/h2-10,15H,1H3. The molecule has 0 unspecified atom stereocenters. The second-order valence-corrected chi connectivity index (χ2v) is 4.01. The van der Waals surface area contributed by atoms with Crippen LogP contribution < -0.4 is 0 Å². The van der Waals surface area contributed by atoms with Crippen molar-refractivity contribution in [1.29, 1.82) is 0 Å². The second-order valence-electron chi connectivity index (χ2n) is 4.01. The van der Waals surface area contributed by atoms with E-state index >= 15 is 0 Å². The van der Waals surface area contributed by atoms with Gasteiger partial charge in [-0.05, 0) is 18.6 Å². The number of nitrogens with zero attached hydrogens (tertiary/aromatic N) is 2. The number of rotatable bonds is 2. The highest BCUT2D eigenvalue weighted by atomic mass is 15.3. The highest BCUT2D eigenvalue weighted by Gasteiger charge is 2.07. The maximum Gasteiger partial charge on any atom is 0.0820 e. The Balaban J connectivity index is 2.08. The topological polar surface area (TPSA) is 33.6 Å². The third-order valence-corrected chi connectivity index (χ3v) is 2.83. The molecule has 0 amide bonds. The van der Waals surface area contributed by atoms with Gasteiger partial charge in [0.25, 0.3) is 0 Å². The van der Waals surface area contributed by atoms with E-state index in [1.165, 1.54) is 11.1 Å². The number of hydrogen-bond acceptors (Lipinski definition) is 1. The molecule has 17 heavy (non-hydrogen) atoms. The molecule has 0 spiro atoms. The van der Waals surface area contributed by atoms with Gasteiger partial charge in [-0.1, -0.05) is 30.3 Å². The van der Waals surface area contributed by atoms with Gasteiger partial charge in [0.2, 0.25) is 0 Å². The van der Waals surface area contributed by atoms with Gasteiger partial charge in [-0.2, -0.15) is 5.10 Å². The Labute approximate surface area is 99.7 Å². The number of aryl methyl sites for hydroxylation is 1. The Kier molecular flexibility index (Phi) is 2.29. The monoisotopic (exact) mass is 223 g/mol. The van der Waals surface area contributed by atoms with E-state index in [0.29, 0.717) is 0 Å². The Hall–Kier alpha value is -2.29. The van der Waals surface area contributed by atoms with Crippen LogP contribution in [0.5, 0.6) is 0 Å². The highest BCUT2D eigenvalue weighted by molar-refractivity contribution is 5.65. The molecule has 0 saturated heterocycles. The molecule has 2 heterocycles.